The van der Waals surface area contributed by atoms with Crippen LogP contribution in [0.5, 0.6) is 5.75 Å². The van der Waals surface area contributed by atoms with Crippen molar-refractivity contribution in [2.75, 3.05) is 6.61 Å². The lowest BCUT2D eigenvalue weighted by Crippen LogP contribution is -2.47. The molecular formula is C16H18N2O3. The molecule has 1 fully saturated rings. The molecule has 1 saturated carbocycles. The van der Waals surface area contributed by atoms with Gasteiger partial charge in [0.25, 0.3) is 5.91 Å². The van der Waals surface area contributed by atoms with Gasteiger partial charge in [-0.1, -0.05) is 12.1 Å². The van der Waals surface area contributed by atoms with Crippen molar-refractivity contribution in [3.05, 3.63) is 29.8 Å². The van der Waals surface area contributed by atoms with Crippen LogP contribution in [0.4, 0.5) is 0 Å². The molecule has 1 aromatic carbocycles. The monoisotopic (exact) mass is 286 g/mol. The summed E-state index contributed by atoms with van der Waals surface area (Å²) in [5.74, 6) is -0.0651. The van der Waals surface area contributed by atoms with Gasteiger partial charge in [0.15, 0.2) is 12.4 Å². The standard InChI is InChI=1S/C16H18N2O3/c1-12(19)13-6-2-3-7-14(13)21-10-15(20)18-16(11-17)8-4-5-9-16/h2-3,6-7H,4-5,8-10H2,1H3,(H,18,20). The average molecular weight is 286 g/mol. The predicted molar refractivity (Wildman–Crippen MR) is 76.9 cm³/mol. The van der Waals surface area contributed by atoms with Crippen LogP contribution in [0.1, 0.15) is 43.0 Å². The molecule has 0 aromatic heterocycles. The topological polar surface area (TPSA) is 79.2 Å². The number of nitrogens with one attached hydrogen (secondary N) is 1. The molecule has 0 atom stereocenters. The number of amides is 1. The third kappa shape index (κ3) is 3.60. The quantitative estimate of drug-likeness (QED) is 0.842. The van der Waals surface area contributed by atoms with Crippen LogP contribution in [0.2, 0.25) is 0 Å². The van der Waals surface area contributed by atoms with Crippen LogP contribution in [0, 0.1) is 11.3 Å². The number of rotatable bonds is 5. The molecule has 1 aliphatic carbocycles. The molecule has 0 aliphatic heterocycles. The zero-order chi connectivity index (χ0) is 15.3. The fourth-order valence-electron chi connectivity index (χ4n) is 2.57. The number of ketones is 1. The summed E-state index contributed by atoms with van der Waals surface area (Å²) >= 11 is 0. The van der Waals surface area contributed by atoms with E-state index in [2.05, 4.69) is 11.4 Å². The maximum absolute atomic E-state index is 11.9. The number of Topliss-reactive ketones (excluding diaryl/α,β-unsaturated/α-hetero) is 1. The van der Waals surface area contributed by atoms with Crippen molar-refractivity contribution >= 4 is 11.7 Å². The van der Waals surface area contributed by atoms with Crippen molar-refractivity contribution in [2.24, 2.45) is 0 Å². The highest BCUT2D eigenvalue weighted by molar-refractivity contribution is 5.96. The summed E-state index contributed by atoms with van der Waals surface area (Å²) in [5, 5.41) is 12.0. The number of benzene rings is 1. The van der Waals surface area contributed by atoms with E-state index in [4.69, 9.17) is 4.74 Å². The van der Waals surface area contributed by atoms with E-state index in [9.17, 15) is 14.9 Å². The van der Waals surface area contributed by atoms with E-state index in [1.54, 1.807) is 24.3 Å². The first-order valence-corrected chi connectivity index (χ1v) is 7.01. The minimum absolute atomic E-state index is 0.115. The second kappa shape index (κ2) is 6.40. The Morgan fingerprint density at radius 2 is 2.00 bits per heavy atom. The van der Waals surface area contributed by atoms with Gasteiger partial charge in [0.05, 0.1) is 11.6 Å². The van der Waals surface area contributed by atoms with Gasteiger partial charge in [0.1, 0.15) is 11.3 Å². The molecule has 1 aromatic rings. The van der Waals surface area contributed by atoms with Crippen LogP contribution in [0.15, 0.2) is 24.3 Å². The number of nitriles is 1. The maximum atomic E-state index is 11.9. The van der Waals surface area contributed by atoms with E-state index in [1.165, 1.54) is 6.92 Å². The number of carbonyl (C=O) groups excluding carboxylic acids is 2. The number of nitrogens with zero attached hydrogens (tertiary/aromatic N) is 1. The lowest BCUT2D eigenvalue weighted by Gasteiger charge is -2.22. The molecule has 2 rings (SSSR count). The lowest BCUT2D eigenvalue weighted by atomic mass is 10.00. The Labute approximate surface area is 123 Å². The molecule has 1 N–H and O–H groups in total. The molecule has 0 saturated heterocycles. The zero-order valence-corrected chi connectivity index (χ0v) is 12.0. The van der Waals surface area contributed by atoms with Crippen LogP contribution < -0.4 is 10.1 Å². The molecule has 0 unspecified atom stereocenters. The van der Waals surface area contributed by atoms with E-state index < -0.39 is 5.54 Å². The molecule has 1 amide bonds. The van der Waals surface area contributed by atoms with Gasteiger partial charge in [-0.05, 0) is 44.7 Å². The zero-order valence-electron chi connectivity index (χ0n) is 12.0. The molecular weight excluding hydrogens is 268 g/mol. The van der Waals surface area contributed by atoms with Crippen molar-refractivity contribution < 1.29 is 14.3 Å². The minimum atomic E-state index is -0.749. The van der Waals surface area contributed by atoms with Crippen molar-refractivity contribution in [1.82, 2.24) is 5.32 Å². The van der Waals surface area contributed by atoms with Crippen LogP contribution >= 0.6 is 0 Å². The molecule has 0 heterocycles. The van der Waals surface area contributed by atoms with Gasteiger partial charge in [0, 0.05) is 0 Å². The average Bonchev–Trinajstić information content (AvgIpc) is 2.94. The number of hydrogen-bond acceptors (Lipinski definition) is 4. The fourth-order valence-corrected chi connectivity index (χ4v) is 2.57. The number of ether oxygens (including phenoxy) is 1. The summed E-state index contributed by atoms with van der Waals surface area (Å²) in [6.07, 6.45) is 3.25. The molecule has 0 spiro atoms. The normalized spacial score (nSPS) is 16.0. The van der Waals surface area contributed by atoms with Gasteiger partial charge in [-0.15, -0.1) is 0 Å². The Morgan fingerprint density at radius 3 is 2.62 bits per heavy atom. The summed E-state index contributed by atoms with van der Waals surface area (Å²) in [5.41, 5.74) is -0.304. The number of hydrogen-bond donors (Lipinski definition) is 1. The van der Waals surface area contributed by atoms with Gasteiger partial charge < -0.3 is 10.1 Å². The van der Waals surface area contributed by atoms with Crippen molar-refractivity contribution in [1.29, 1.82) is 5.26 Å². The first-order chi connectivity index (χ1) is 10.1. The van der Waals surface area contributed by atoms with E-state index >= 15 is 0 Å². The Bertz CT molecular complexity index is 583. The van der Waals surface area contributed by atoms with Crippen LogP contribution in [0.3, 0.4) is 0 Å². The third-order valence-corrected chi connectivity index (χ3v) is 3.67. The van der Waals surface area contributed by atoms with E-state index in [-0.39, 0.29) is 18.3 Å². The van der Waals surface area contributed by atoms with Crippen molar-refractivity contribution in [3.8, 4) is 11.8 Å². The second-order valence-corrected chi connectivity index (χ2v) is 5.29. The summed E-state index contributed by atoms with van der Waals surface area (Å²) in [4.78, 5) is 23.4. The first-order valence-electron chi connectivity index (χ1n) is 7.01. The summed E-state index contributed by atoms with van der Waals surface area (Å²) in [6.45, 7) is 1.25. The van der Waals surface area contributed by atoms with Gasteiger partial charge >= 0.3 is 0 Å². The molecule has 5 heteroatoms. The number of para-hydroxylation sites is 1. The highest BCUT2D eigenvalue weighted by Gasteiger charge is 2.35. The Hall–Kier alpha value is -2.35. The van der Waals surface area contributed by atoms with Crippen LogP contribution in [-0.2, 0) is 4.79 Å². The highest BCUT2D eigenvalue weighted by atomic mass is 16.5. The molecule has 0 radical (unpaired) electrons. The summed E-state index contributed by atoms with van der Waals surface area (Å²) < 4.78 is 5.42. The Kier molecular flexibility index (Phi) is 4.59. The fraction of sp³-hybridized carbons (Fsp3) is 0.438. The largest absolute Gasteiger partial charge is 0.483 e. The maximum Gasteiger partial charge on any atom is 0.259 e. The van der Waals surface area contributed by atoms with Gasteiger partial charge in [0.2, 0.25) is 0 Å². The van der Waals surface area contributed by atoms with Crippen LogP contribution in [-0.4, -0.2) is 23.8 Å². The lowest BCUT2D eigenvalue weighted by molar-refractivity contribution is -0.124. The second-order valence-electron chi connectivity index (χ2n) is 5.29. The van der Waals surface area contributed by atoms with E-state index in [0.29, 0.717) is 24.2 Å². The van der Waals surface area contributed by atoms with Gasteiger partial charge in [-0.3, -0.25) is 9.59 Å². The molecule has 5 nitrogen and oxygen atoms in total. The van der Waals surface area contributed by atoms with Crippen molar-refractivity contribution in [3.63, 3.8) is 0 Å². The molecule has 110 valence electrons. The Balaban J connectivity index is 1.96. The highest BCUT2D eigenvalue weighted by Crippen LogP contribution is 2.28. The van der Waals surface area contributed by atoms with Crippen molar-refractivity contribution in [2.45, 2.75) is 38.1 Å². The van der Waals surface area contributed by atoms with Gasteiger partial charge in [-0.25, -0.2) is 0 Å². The summed E-state index contributed by atoms with van der Waals surface area (Å²) in [7, 11) is 0. The van der Waals surface area contributed by atoms with Gasteiger partial charge in [-0.2, -0.15) is 5.26 Å². The first kappa shape index (κ1) is 15.0. The molecule has 1 aliphatic rings. The summed E-state index contributed by atoms with van der Waals surface area (Å²) in [6, 6.07) is 8.99. The SMILES string of the molecule is CC(=O)c1ccccc1OCC(=O)NC1(C#N)CCCC1. The Morgan fingerprint density at radius 1 is 1.33 bits per heavy atom. The van der Waals surface area contributed by atoms with Crippen LogP contribution in [0.25, 0.3) is 0 Å². The predicted octanol–water partition coefficient (Wildman–Crippen LogP) is 2.22. The molecule has 0 bridgehead atoms. The third-order valence-electron chi connectivity index (χ3n) is 3.67. The smallest absolute Gasteiger partial charge is 0.259 e. The number of carbonyl (C=O) groups is 2. The van der Waals surface area contributed by atoms with E-state index in [0.717, 1.165) is 12.8 Å². The van der Waals surface area contributed by atoms with E-state index in [1.807, 2.05) is 0 Å². The minimum Gasteiger partial charge on any atom is -0.483 e. The molecule has 21 heavy (non-hydrogen) atoms.